The van der Waals surface area contributed by atoms with Gasteiger partial charge in [-0.2, -0.15) is 0 Å². The number of nitrogens with zero attached hydrogens (tertiary/aromatic N) is 1. The minimum Gasteiger partial charge on any atom is -0.306 e. The summed E-state index contributed by atoms with van der Waals surface area (Å²) in [7, 11) is 0. The van der Waals surface area contributed by atoms with Crippen LogP contribution >= 0.6 is 27.3 Å². The quantitative estimate of drug-likeness (QED) is 0.910. The van der Waals surface area contributed by atoms with Crippen molar-refractivity contribution in [2.75, 3.05) is 0 Å². The summed E-state index contributed by atoms with van der Waals surface area (Å²) in [5, 5.41) is 2.00. The van der Waals surface area contributed by atoms with Crippen LogP contribution in [0.4, 0.5) is 0 Å². The van der Waals surface area contributed by atoms with E-state index in [9.17, 15) is 4.79 Å². The standard InChI is InChI=1S/C13H13BrN2OS/c14-9-5-11(18-7-9)13-15-10(6-12(17)16-13)8-3-1-2-4-8/h5-8H,1-4H2,(H,15,16,17). The highest BCUT2D eigenvalue weighted by Gasteiger charge is 2.19. The first-order chi connectivity index (χ1) is 8.72. The Balaban J connectivity index is 2.02. The molecule has 1 saturated carbocycles. The fraction of sp³-hybridized carbons (Fsp3) is 0.385. The third-order valence-electron chi connectivity index (χ3n) is 3.34. The Morgan fingerprint density at radius 2 is 2.11 bits per heavy atom. The highest BCUT2D eigenvalue weighted by Crippen LogP contribution is 2.33. The van der Waals surface area contributed by atoms with Gasteiger partial charge in [0.05, 0.1) is 10.6 Å². The number of halogens is 1. The van der Waals surface area contributed by atoms with Crippen LogP contribution in [0.2, 0.25) is 0 Å². The summed E-state index contributed by atoms with van der Waals surface area (Å²) in [6, 6.07) is 3.64. The van der Waals surface area contributed by atoms with Gasteiger partial charge in [0.1, 0.15) is 0 Å². The monoisotopic (exact) mass is 324 g/mol. The third-order valence-corrected chi connectivity index (χ3v) is 5.03. The molecule has 0 amide bonds. The predicted octanol–water partition coefficient (Wildman–Crippen LogP) is 3.92. The molecule has 94 valence electrons. The molecule has 0 atom stereocenters. The predicted molar refractivity (Wildman–Crippen MR) is 77.1 cm³/mol. The molecule has 2 heterocycles. The van der Waals surface area contributed by atoms with Gasteiger partial charge in [-0.3, -0.25) is 4.79 Å². The van der Waals surface area contributed by atoms with E-state index in [0.29, 0.717) is 11.7 Å². The lowest BCUT2D eigenvalue weighted by Gasteiger charge is -2.08. The van der Waals surface area contributed by atoms with Gasteiger partial charge in [-0.25, -0.2) is 4.98 Å². The lowest BCUT2D eigenvalue weighted by molar-refractivity contribution is 0.693. The zero-order valence-electron chi connectivity index (χ0n) is 9.78. The van der Waals surface area contributed by atoms with E-state index in [1.54, 1.807) is 17.4 Å². The highest BCUT2D eigenvalue weighted by atomic mass is 79.9. The van der Waals surface area contributed by atoms with Crippen LogP contribution in [0.25, 0.3) is 10.7 Å². The Morgan fingerprint density at radius 3 is 2.78 bits per heavy atom. The van der Waals surface area contributed by atoms with Gasteiger partial charge in [-0.15, -0.1) is 11.3 Å². The summed E-state index contributed by atoms with van der Waals surface area (Å²) in [5.41, 5.74) is 0.905. The minimum atomic E-state index is -0.0496. The van der Waals surface area contributed by atoms with Crippen LogP contribution in [0, 0.1) is 0 Å². The van der Waals surface area contributed by atoms with Crippen LogP contribution in [0.5, 0.6) is 0 Å². The number of aromatic amines is 1. The van der Waals surface area contributed by atoms with Gasteiger partial charge < -0.3 is 4.98 Å². The van der Waals surface area contributed by atoms with Crippen molar-refractivity contribution in [3.8, 4) is 10.7 Å². The molecule has 0 unspecified atom stereocenters. The van der Waals surface area contributed by atoms with Gasteiger partial charge >= 0.3 is 0 Å². The first-order valence-corrected chi connectivity index (χ1v) is 7.75. The van der Waals surface area contributed by atoms with E-state index < -0.39 is 0 Å². The fourth-order valence-electron chi connectivity index (χ4n) is 2.46. The maximum Gasteiger partial charge on any atom is 0.251 e. The molecule has 3 nitrogen and oxygen atoms in total. The van der Waals surface area contributed by atoms with Gasteiger partial charge in [0, 0.05) is 21.8 Å². The SMILES string of the molecule is O=c1cc(C2CCCC2)nc(-c2cc(Br)cs2)[nH]1. The van der Waals surface area contributed by atoms with E-state index in [0.717, 1.165) is 27.9 Å². The molecule has 3 rings (SSSR count). The molecule has 0 radical (unpaired) electrons. The van der Waals surface area contributed by atoms with Crippen molar-refractivity contribution < 1.29 is 0 Å². The number of thiophene rings is 1. The second-order valence-electron chi connectivity index (χ2n) is 4.63. The van der Waals surface area contributed by atoms with Gasteiger partial charge in [-0.05, 0) is 34.8 Å². The summed E-state index contributed by atoms with van der Waals surface area (Å²) in [6.45, 7) is 0. The number of hydrogen-bond acceptors (Lipinski definition) is 3. The maximum atomic E-state index is 11.7. The highest BCUT2D eigenvalue weighted by molar-refractivity contribution is 9.10. The Bertz CT molecular complexity index is 613. The fourth-order valence-corrected chi connectivity index (χ4v) is 3.83. The van der Waals surface area contributed by atoms with Crippen LogP contribution in [0.1, 0.15) is 37.3 Å². The van der Waals surface area contributed by atoms with Crippen molar-refractivity contribution in [1.82, 2.24) is 9.97 Å². The summed E-state index contributed by atoms with van der Waals surface area (Å²) >= 11 is 5.01. The largest absolute Gasteiger partial charge is 0.306 e. The van der Waals surface area contributed by atoms with E-state index in [1.165, 1.54) is 12.8 Å². The molecule has 18 heavy (non-hydrogen) atoms. The molecule has 1 N–H and O–H groups in total. The van der Waals surface area contributed by atoms with Gasteiger partial charge in [0.2, 0.25) is 0 Å². The summed E-state index contributed by atoms with van der Waals surface area (Å²) in [5.74, 6) is 1.16. The molecule has 2 aromatic heterocycles. The Labute approximate surface area is 117 Å². The van der Waals surface area contributed by atoms with Crippen LogP contribution < -0.4 is 5.56 Å². The molecule has 2 aromatic rings. The Morgan fingerprint density at radius 1 is 1.33 bits per heavy atom. The zero-order chi connectivity index (χ0) is 12.5. The molecule has 1 aliphatic rings. The smallest absolute Gasteiger partial charge is 0.251 e. The number of aromatic nitrogens is 2. The second kappa shape index (κ2) is 4.97. The van der Waals surface area contributed by atoms with Crippen molar-refractivity contribution in [1.29, 1.82) is 0 Å². The van der Waals surface area contributed by atoms with Gasteiger partial charge in [-0.1, -0.05) is 12.8 Å². The first-order valence-electron chi connectivity index (χ1n) is 6.08. The topological polar surface area (TPSA) is 45.8 Å². The zero-order valence-corrected chi connectivity index (χ0v) is 12.2. The molecule has 5 heteroatoms. The molecule has 0 aromatic carbocycles. The number of nitrogens with one attached hydrogen (secondary N) is 1. The van der Waals surface area contributed by atoms with Crippen molar-refractivity contribution in [3.63, 3.8) is 0 Å². The van der Waals surface area contributed by atoms with Crippen LogP contribution in [0.3, 0.4) is 0 Å². The average molecular weight is 325 g/mol. The van der Waals surface area contributed by atoms with Crippen LogP contribution in [-0.4, -0.2) is 9.97 Å². The molecule has 1 aliphatic carbocycles. The summed E-state index contributed by atoms with van der Waals surface area (Å²) < 4.78 is 1.02. The molecular formula is C13H13BrN2OS. The molecule has 0 aliphatic heterocycles. The van der Waals surface area contributed by atoms with E-state index in [2.05, 4.69) is 25.9 Å². The normalized spacial score (nSPS) is 16.3. The number of hydrogen-bond donors (Lipinski definition) is 1. The summed E-state index contributed by atoms with van der Waals surface area (Å²) in [4.78, 5) is 20.2. The van der Waals surface area contributed by atoms with E-state index in [4.69, 9.17) is 0 Å². The molecule has 0 spiro atoms. The molecule has 0 bridgehead atoms. The van der Waals surface area contributed by atoms with Crippen molar-refractivity contribution in [2.24, 2.45) is 0 Å². The van der Waals surface area contributed by atoms with Crippen LogP contribution in [0.15, 0.2) is 26.8 Å². The number of H-pyrrole nitrogens is 1. The molecular weight excluding hydrogens is 312 g/mol. The Hall–Kier alpha value is -0.940. The Kier molecular flexibility index (Phi) is 3.35. The molecule has 0 saturated heterocycles. The maximum absolute atomic E-state index is 11.7. The van der Waals surface area contributed by atoms with Gasteiger partial charge in [0.25, 0.3) is 5.56 Å². The average Bonchev–Trinajstić information content (AvgIpc) is 2.98. The van der Waals surface area contributed by atoms with Gasteiger partial charge in [0.15, 0.2) is 5.82 Å². The lowest BCUT2D eigenvalue weighted by atomic mass is 10.0. The van der Waals surface area contributed by atoms with Crippen LogP contribution in [-0.2, 0) is 0 Å². The molecule has 1 fully saturated rings. The van der Waals surface area contributed by atoms with E-state index >= 15 is 0 Å². The minimum absolute atomic E-state index is 0.0496. The second-order valence-corrected chi connectivity index (χ2v) is 6.46. The third kappa shape index (κ3) is 2.42. The van der Waals surface area contributed by atoms with E-state index in [1.807, 2.05) is 11.4 Å². The van der Waals surface area contributed by atoms with E-state index in [-0.39, 0.29) is 5.56 Å². The first kappa shape index (κ1) is 12.1. The lowest BCUT2D eigenvalue weighted by Crippen LogP contribution is -2.11. The van der Waals surface area contributed by atoms with Crippen molar-refractivity contribution in [2.45, 2.75) is 31.6 Å². The van der Waals surface area contributed by atoms with Crippen molar-refractivity contribution >= 4 is 27.3 Å². The number of rotatable bonds is 2. The van der Waals surface area contributed by atoms with Crippen molar-refractivity contribution in [3.05, 3.63) is 38.0 Å². The summed E-state index contributed by atoms with van der Waals surface area (Å²) in [6.07, 6.45) is 4.81.